The lowest BCUT2D eigenvalue weighted by molar-refractivity contribution is 0.660. The van der Waals surface area contributed by atoms with Crippen LogP contribution in [0.25, 0.3) is 77.2 Å². The van der Waals surface area contributed by atoms with Gasteiger partial charge in [-0.05, 0) is 153 Å². The predicted octanol–water partition coefficient (Wildman–Crippen LogP) is 19.8. The Balaban J connectivity index is 0.000000145. The Morgan fingerprint density at radius 2 is 0.561 bits per heavy atom. The van der Waals surface area contributed by atoms with Crippen molar-refractivity contribution in [2.45, 2.75) is 24.7 Å². The second kappa shape index (κ2) is 19.3. The third-order valence-electron chi connectivity index (χ3n) is 17.9. The van der Waals surface area contributed by atoms with Gasteiger partial charge in [0.15, 0.2) is 0 Å². The molecular weight excluding hydrogens is 993 g/mol. The van der Waals surface area contributed by atoms with Crippen molar-refractivity contribution in [3.8, 4) is 33.6 Å². The largest absolute Gasteiger partial charge is 0.345 e. The van der Waals surface area contributed by atoms with E-state index in [-0.39, 0.29) is 5.41 Å². The summed E-state index contributed by atoms with van der Waals surface area (Å²) in [4.78, 5) is 4.55. The quantitative estimate of drug-likeness (QED) is 0.151. The van der Waals surface area contributed by atoms with Gasteiger partial charge in [0.25, 0.3) is 0 Å². The maximum absolute atomic E-state index is 2.45. The molecule has 0 N–H and O–H groups in total. The van der Waals surface area contributed by atoms with Crippen LogP contribution in [-0.4, -0.2) is 23.2 Å². The van der Waals surface area contributed by atoms with Crippen LogP contribution in [0.3, 0.4) is 0 Å². The molecule has 2 heterocycles. The predicted molar refractivity (Wildman–Crippen MR) is 345 cm³/mol. The summed E-state index contributed by atoms with van der Waals surface area (Å²) in [5, 5.41) is 5.13. The van der Waals surface area contributed by atoms with E-state index in [9.17, 15) is 0 Å². The van der Waals surface area contributed by atoms with Gasteiger partial charge in [-0.15, -0.1) is 0 Å². The first-order valence-electron chi connectivity index (χ1n) is 28.5. The molecular formula is C78H60N4. The number of aromatic nitrogens is 2. The van der Waals surface area contributed by atoms with E-state index < -0.39 is 5.41 Å². The number of benzene rings is 12. The zero-order valence-electron chi connectivity index (χ0n) is 46.5. The molecule has 4 nitrogen and oxygen atoms in total. The summed E-state index contributed by atoms with van der Waals surface area (Å²) in [5.41, 5.74) is 24.6. The smallest absolute Gasteiger partial charge is 0.0715 e. The highest BCUT2D eigenvalue weighted by Crippen LogP contribution is 2.58. The van der Waals surface area contributed by atoms with E-state index >= 15 is 0 Å². The Labute approximate surface area is 479 Å². The van der Waals surface area contributed by atoms with Gasteiger partial charge in [-0.1, -0.05) is 208 Å². The Bertz CT molecular complexity index is 4600. The molecule has 4 heteroatoms. The minimum atomic E-state index is -0.504. The molecule has 0 saturated carbocycles. The highest BCUT2D eigenvalue weighted by molar-refractivity contribution is 6.10. The first-order chi connectivity index (χ1) is 40.3. The molecule has 2 aliphatic rings. The van der Waals surface area contributed by atoms with Crippen LogP contribution in [0.15, 0.2) is 291 Å². The number of hydrogen-bond donors (Lipinski definition) is 0. The summed E-state index contributed by atoms with van der Waals surface area (Å²) in [7, 11) is 4.30. The van der Waals surface area contributed by atoms with Crippen LogP contribution >= 0.6 is 0 Å². The molecule has 2 aliphatic carbocycles. The molecule has 0 fully saturated rings. The van der Waals surface area contributed by atoms with Gasteiger partial charge in [0.2, 0.25) is 0 Å². The molecule has 0 spiro atoms. The van der Waals surface area contributed by atoms with E-state index in [1.807, 2.05) is 0 Å². The Morgan fingerprint density at radius 1 is 0.268 bits per heavy atom. The molecule has 16 rings (SSSR count). The molecule has 0 atom stereocenters. The van der Waals surface area contributed by atoms with Gasteiger partial charge in [0.05, 0.1) is 27.5 Å². The Morgan fingerprint density at radius 3 is 0.963 bits per heavy atom. The van der Waals surface area contributed by atoms with E-state index in [0.29, 0.717) is 0 Å². The summed E-state index contributed by atoms with van der Waals surface area (Å²) in [5.74, 6) is 0. The first kappa shape index (κ1) is 48.9. The average Bonchev–Trinajstić information content (AvgIpc) is 4.43. The number of rotatable bonds is 8. The summed E-state index contributed by atoms with van der Waals surface area (Å²) in [6, 6.07) is 106. The molecule has 12 aromatic carbocycles. The third kappa shape index (κ3) is 7.52. The van der Waals surface area contributed by atoms with E-state index in [1.54, 1.807) is 0 Å². The van der Waals surface area contributed by atoms with Crippen LogP contribution in [0.2, 0.25) is 0 Å². The highest BCUT2D eigenvalue weighted by atomic mass is 15.1. The summed E-state index contributed by atoms with van der Waals surface area (Å²) >= 11 is 0. The number of fused-ring (bicyclic) bond motifs is 12. The number of anilines is 4. The van der Waals surface area contributed by atoms with Crippen LogP contribution in [0, 0.1) is 0 Å². The fraction of sp³-hybridized carbons (Fsp3) is 0.0769. The molecule has 82 heavy (non-hydrogen) atoms. The molecule has 0 bridgehead atoms. The average molecular weight is 1050 g/mol. The van der Waals surface area contributed by atoms with Crippen LogP contribution in [-0.2, 0) is 10.8 Å². The number of para-hydroxylation sites is 6. The van der Waals surface area contributed by atoms with Crippen molar-refractivity contribution >= 4 is 66.4 Å². The van der Waals surface area contributed by atoms with Crippen LogP contribution < -0.4 is 9.80 Å². The van der Waals surface area contributed by atoms with Crippen molar-refractivity contribution in [2.24, 2.45) is 0 Å². The molecule has 392 valence electrons. The fourth-order valence-electron chi connectivity index (χ4n) is 13.9. The summed E-state index contributed by atoms with van der Waals surface area (Å²) in [6.45, 7) is 4.72. The van der Waals surface area contributed by atoms with Gasteiger partial charge in [-0.2, -0.15) is 0 Å². The zero-order valence-corrected chi connectivity index (χ0v) is 46.5. The molecule has 2 aromatic heterocycles. The molecule has 0 saturated heterocycles. The summed E-state index contributed by atoms with van der Waals surface area (Å²) in [6.07, 6.45) is 0. The lowest BCUT2D eigenvalue weighted by Crippen LogP contribution is -2.29. The van der Waals surface area contributed by atoms with Gasteiger partial charge in [-0.25, -0.2) is 0 Å². The monoisotopic (exact) mass is 1050 g/mol. The van der Waals surface area contributed by atoms with Crippen molar-refractivity contribution in [3.63, 3.8) is 0 Å². The normalized spacial score (nSPS) is 13.3. The minimum absolute atomic E-state index is 0.0903. The van der Waals surface area contributed by atoms with Gasteiger partial charge >= 0.3 is 0 Å². The highest BCUT2D eigenvalue weighted by Gasteiger charge is 2.47. The van der Waals surface area contributed by atoms with E-state index in [0.717, 1.165) is 11.4 Å². The summed E-state index contributed by atoms with van der Waals surface area (Å²) < 4.78 is 4.85. The van der Waals surface area contributed by atoms with E-state index in [1.165, 1.54) is 122 Å². The van der Waals surface area contributed by atoms with Gasteiger partial charge in [-0.3, -0.25) is 0 Å². The maximum Gasteiger partial charge on any atom is 0.0715 e. The van der Waals surface area contributed by atoms with Crippen molar-refractivity contribution < 1.29 is 0 Å². The van der Waals surface area contributed by atoms with Gasteiger partial charge in [0.1, 0.15) is 0 Å². The third-order valence-corrected chi connectivity index (χ3v) is 17.9. The van der Waals surface area contributed by atoms with Crippen molar-refractivity contribution in [1.29, 1.82) is 0 Å². The van der Waals surface area contributed by atoms with Crippen LogP contribution in [0.5, 0.6) is 0 Å². The molecule has 0 radical (unpaired) electrons. The van der Waals surface area contributed by atoms with E-state index in [2.05, 4.69) is 338 Å². The van der Waals surface area contributed by atoms with Crippen molar-refractivity contribution in [1.82, 2.24) is 9.13 Å². The van der Waals surface area contributed by atoms with E-state index in [4.69, 9.17) is 0 Å². The Hall–Kier alpha value is -10.2. The standard InChI is InChI=1S/C44H32N2.C34H28N2/c1-45(33-19-9-4-10-20-33)34-25-27-36-37-28-26-35(46-42-23-13-11-21-38(42)39-22-12-14-24-43(39)46)30-41(37)44(40(36)29-34,31-15-5-2-6-16-31)32-17-7-3-8-18-32;1-34(2)30-21-24(35(3)23-11-5-4-6-12-23)17-19-26(30)27-20-18-25(22-31(27)34)36-32-15-9-7-13-28(32)29-14-8-10-16-33(29)36/h2-30H,1H3;4-22H,1-3H3. The second-order valence-electron chi connectivity index (χ2n) is 22.6. The first-order valence-corrected chi connectivity index (χ1v) is 28.5. The molecule has 0 unspecified atom stereocenters. The molecule has 14 aromatic rings. The van der Waals surface area contributed by atoms with Crippen molar-refractivity contribution in [2.75, 3.05) is 23.9 Å². The fourth-order valence-corrected chi connectivity index (χ4v) is 13.9. The molecule has 0 aliphatic heterocycles. The van der Waals surface area contributed by atoms with Gasteiger partial charge < -0.3 is 18.9 Å². The van der Waals surface area contributed by atoms with Crippen LogP contribution in [0.1, 0.15) is 47.2 Å². The van der Waals surface area contributed by atoms with Crippen molar-refractivity contribution in [3.05, 3.63) is 325 Å². The lowest BCUT2D eigenvalue weighted by Gasteiger charge is -2.34. The second-order valence-corrected chi connectivity index (χ2v) is 22.6. The number of hydrogen-bond acceptors (Lipinski definition) is 2. The lowest BCUT2D eigenvalue weighted by atomic mass is 9.67. The number of nitrogens with zero attached hydrogens (tertiary/aromatic N) is 4. The maximum atomic E-state index is 2.45. The Kier molecular flexibility index (Phi) is 11.5. The minimum Gasteiger partial charge on any atom is -0.345 e. The topological polar surface area (TPSA) is 16.3 Å². The van der Waals surface area contributed by atoms with Crippen LogP contribution in [0.4, 0.5) is 22.7 Å². The SMILES string of the molecule is CN(c1ccccc1)c1ccc2c(c1)C(C)(C)c1cc(-n3c4ccccc4c4ccccc43)ccc1-2.CN(c1ccccc1)c1ccc2c(c1)C(c1ccccc1)(c1ccccc1)c1cc(-n3c4ccccc4c4ccccc43)ccc1-2. The zero-order chi connectivity index (χ0) is 55.1. The van der Waals surface area contributed by atoms with Gasteiger partial charge in [0, 0.05) is 75.2 Å². The molecule has 0 amide bonds.